The Morgan fingerprint density at radius 1 is 1.40 bits per heavy atom. The molecule has 0 bridgehead atoms. The highest BCUT2D eigenvalue weighted by molar-refractivity contribution is 5.84. The van der Waals surface area contributed by atoms with E-state index >= 15 is 0 Å². The number of nitrogens with zero attached hydrogens (tertiary/aromatic N) is 3. The van der Waals surface area contributed by atoms with Crippen LogP contribution in [0.25, 0.3) is 0 Å². The molecule has 3 rings (SSSR count). The average Bonchev–Trinajstić information content (AvgIpc) is 2.77. The number of ether oxygens (including phenoxy) is 1. The Morgan fingerprint density at radius 2 is 2.20 bits per heavy atom. The zero-order valence-electron chi connectivity index (χ0n) is 11.7. The summed E-state index contributed by atoms with van der Waals surface area (Å²) in [5, 5.41) is 3.72. The average molecular weight is 279 g/mol. The number of hydrogen-bond acceptors (Lipinski definition) is 4. The lowest BCUT2D eigenvalue weighted by atomic mass is 10.0. The van der Waals surface area contributed by atoms with Crippen LogP contribution < -0.4 is 0 Å². The summed E-state index contributed by atoms with van der Waals surface area (Å²) in [6.45, 7) is 5.51. The summed E-state index contributed by atoms with van der Waals surface area (Å²) in [6, 6.07) is 1.29. The normalized spacial score (nSPS) is 26.4. The molecule has 0 spiro atoms. The maximum absolute atomic E-state index is 13.4. The minimum absolute atomic E-state index is 0.0817. The molecule has 5 nitrogen and oxygen atoms in total. The van der Waals surface area contributed by atoms with Gasteiger partial charge in [-0.2, -0.15) is 0 Å². The Hall–Kier alpha value is -1.53. The quantitative estimate of drug-likeness (QED) is 0.782. The molecule has 108 valence electrons. The summed E-state index contributed by atoms with van der Waals surface area (Å²) in [7, 11) is 0. The van der Waals surface area contributed by atoms with E-state index in [1.165, 1.54) is 12.3 Å². The monoisotopic (exact) mass is 279 g/mol. The van der Waals surface area contributed by atoms with Gasteiger partial charge in [-0.15, -0.1) is 0 Å². The smallest absolute Gasteiger partial charge is 0.269 e. The first-order valence-electron chi connectivity index (χ1n) is 6.82. The summed E-state index contributed by atoms with van der Waals surface area (Å²) < 4.78 is 19.0. The molecule has 2 aliphatic heterocycles. The van der Waals surface area contributed by atoms with Crippen molar-refractivity contribution in [2.75, 3.05) is 19.7 Å². The second-order valence-corrected chi connectivity index (χ2v) is 5.70. The fourth-order valence-corrected chi connectivity index (χ4v) is 2.85. The van der Waals surface area contributed by atoms with Gasteiger partial charge >= 0.3 is 0 Å². The molecule has 1 aromatic rings. The molecule has 6 heteroatoms. The van der Waals surface area contributed by atoms with Gasteiger partial charge in [0.2, 0.25) is 0 Å². The van der Waals surface area contributed by atoms with Crippen molar-refractivity contribution >= 4 is 5.91 Å². The van der Waals surface area contributed by atoms with Crippen LogP contribution in [0.3, 0.4) is 0 Å². The number of halogens is 1. The molecule has 0 aromatic carbocycles. The van der Waals surface area contributed by atoms with Crippen molar-refractivity contribution in [3.05, 3.63) is 29.8 Å². The van der Waals surface area contributed by atoms with Gasteiger partial charge in [0, 0.05) is 19.3 Å². The van der Waals surface area contributed by atoms with Crippen LogP contribution in [0.2, 0.25) is 0 Å². The second-order valence-electron chi connectivity index (χ2n) is 5.70. The standard InChI is InChI=1S/C14H18FN3O2/c1-14(2)13(19)18-12(3-4-17(18)5-6-20-14)10-7-11(15)9-16-8-10/h7-9,12H,3-6H2,1-2H3/t12-/m0/s1. The fourth-order valence-electron chi connectivity index (χ4n) is 2.85. The van der Waals surface area contributed by atoms with Gasteiger partial charge in [0.25, 0.3) is 5.91 Å². The van der Waals surface area contributed by atoms with Gasteiger partial charge in [-0.25, -0.2) is 9.40 Å². The number of carbonyl (C=O) groups excluding carboxylic acids is 1. The van der Waals surface area contributed by atoms with Crippen molar-refractivity contribution in [1.82, 2.24) is 15.0 Å². The number of hydrazine groups is 1. The van der Waals surface area contributed by atoms with E-state index in [2.05, 4.69) is 4.98 Å². The van der Waals surface area contributed by atoms with E-state index in [1.807, 2.05) is 5.01 Å². The van der Waals surface area contributed by atoms with Gasteiger partial charge in [-0.3, -0.25) is 14.8 Å². The highest BCUT2D eigenvalue weighted by atomic mass is 19.1. The minimum Gasteiger partial charge on any atom is -0.364 e. The maximum atomic E-state index is 13.4. The van der Waals surface area contributed by atoms with Crippen molar-refractivity contribution in [2.45, 2.75) is 31.9 Å². The topological polar surface area (TPSA) is 45.7 Å². The molecule has 2 fully saturated rings. The number of aromatic nitrogens is 1. The molecule has 0 saturated carbocycles. The third-order valence-electron chi connectivity index (χ3n) is 3.91. The summed E-state index contributed by atoms with van der Waals surface area (Å²) in [4.78, 5) is 16.6. The highest BCUT2D eigenvalue weighted by Crippen LogP contribution is 2.36. The number of carbonyl (C=O) groups is 1. The number of pyridine rings is 1. The minimum atomic E-state index is -0.849. The van der Waals surface area contributed by atoms with E-state index in [1.54, 1.807) is 25.1 Å². The zero-order chi connectivity index (χ0) is 14.3. The summed E-state index contributed by atoms with van der Waals surface area (Å²) in [5.74, 6) is -0.458. The fraction of sp³-hybridized carbons (Fsp3) is 0.571. The summed E-state index contributed by atoms with van der Waals surface area (Å²) in [5.41, 5.74) is -0.114. The molecular formula is C14H18FN3O2. The number of amides is 1. The Kier molecular flexibility index (Phi) is 3.22. The highest BCUT2D eigenvalue weighted by Gasteiger charge is 2.45. The van der Waals surface area contributed by atoms with Crippen molar-refractivity contribution in [3.63, 3.8) is 0 Å². The van der Waals surface area contributed by atoms with Gasteiger partial charge in [0.05, 0.1) is 18.8 Å². The van der Waals surface area contributed by atoms with Crippen LogP contribution in [0.1, 0.15) is 31.9 Å². The van der Waals surface area contributed by atoms with Gasteiger partial charge in [-0.1, -0.05) is 0 Å². The lowest BCUT2D eigenvalue weighted by Crippen LogP contribution is -2.49. The second kappa shape index (κ2) is 4.79. The lowest BCUT2D eigenvalue weighted by molar-refractivity contribution is -0.160. The summed E-state index contributed by atoms with van der Waals surface area (Å²) >= 11 is 0. The van der Waals surface area contributed by atoms with Crippen molar-refractivity contribution < 1.29 is 13.9 Å². The molecule has 1 amide bonds. The lowest BCUT2D eigenvalue weighted by Gasteiger charge is -2.33. The van der Waals surface area contributed by atoms with Gasteiger partial charge in [0.15, 0.2) is 0 Å². The summed E-state index contributed by atoms with van der Waals surface area (Å²) in [6.07, 6.45) is 3.59. The maximum Gasteiger partial charge on any atom is 0.269 e. The van der Waals surface area contributed by atoms with Gasteiger partial charge < -0.3 is 4.74 Å². The predicted molar refractivity (Wildman–Crippen MR) is 70.0 cm³/mol. The predicted octanol–water partition coefficient (Wildman–Crippen LogP) is 1.52. The van der Waals surface area contributed by atoms with Crippen LogP contribution in [0, 0.1) is 5.82 Å². The van der Waals surface area contributed by atoms with Crippen LogP contribution in [0.15, 0.2) is 18.5 Å². The van der Waals surface area contributed by atoms with Crippen molar-refractivity contribution in [2.24, 2.45) is 0 Å². The SMILES string of the molecule is CC1(C)OCCN2CC[C@@H](c3cncc(F)c3)N2C1=O. The Labute approximate surface area is 117 Å². The van der Waals surface area contributed by atoms with Crippen molar-refractivity contribution in [1.29, 1.82) is 0 Å². The zero-order valence-corrected chi connectivity index (χ0v) is 11.7. The van der Waals surface area contributed by atoms with E-state index < -0.39 is 5.60 Å². The third kappa shape index (κ3) is 2.19. The third-order valence-corrected chi connectivity index (χ3v) is 3.91. The van der Waals surface area contributed by atoms with E-state index in [0.717, 1.165) is 18.5 Å². The van der Waals surface area contributed by atoms with Gasteiger partial charge in [-0.05, 0) is 31.9 Å². The Morgan fingerprint density at radius 3 is 2.95 bits per heavy atom. The largest absolute Gasteiger partial charge is 0.364 e. The first-order chi connectivity index (χ1) is 9.49. The van der Waals surface area contributed by atoms with Crippen LogP contribution in [-0.2, 0) is 9.53 Å². The van der Waals surface area contributed by atoms with Crippen LogP contribution >= 0.6 is 0 Å². The first-order valence-corrected chi connectivity index (χ1v) is 6.82. The van der Waals surface area contributed by atoms with Gasteiger partial charge in [0.1, 0.15) is 11.4 Å². The molecule has 2 aliphatic rings. The van der Waals surface area contributed by atoms with Crippen LogP contribution in [-0.4, -0.2) is 46.2 Å². The van der Waals surface area contributed by atoms with Crippen molar-refractivity contribution in [3.8, 4) is 0 Å². The number of rotatable bonds is 1. The molecule has 0 unspecified atom stereocenters. The molecule has 0 aliphatic carbocycles. The molecule has 20 heavy (non-hydrogen) atoms. The molecular weight excluding hydrogens is 261 g/mol. The van der Waals surface area contributed by atoms with Crippen LogP contribution in [0.4, 0.5) is 4.39 Å². The first kappa shape index (κ1) is 13.5. The molecule has 0 radical (unpaired) electrons. The molecule has 3 heterocycles. The van der Waals surface area contributed by atoms with E-state index in [0.29, 0.717) is 13.2 Å². The van der Waals surface area contributed by atoms with E-state index in [-0.39, 0.29) is 17.8 Å². The molecule has 1 aromatic heterocycles. The molecule has 2 saturated heterocycles. The van der Waals surface area contributed by atoms with Crippen LogP contribution in [0.5, 0.6) is 0 Å². The van der Waals surface area contributed by atoms with E-state index in [9.17, 15) is 9.18 Å². The number of hydrogen-bond donors (Lipinski definition) is 0. The van der Waals surface area contributed by atoms with E-state index in [4.69, 9.17) is 4.74 Å². The Bertz CT molecular complexity index is 535. The Balaban J connectivity index is 1.96. The molecule has 0 N–H and O–H groups in total. The number of fused-ring (bicyclic) bond motifs is 1. The molecule has 1 atom stereocenters.